The first-order chi connectivity index (χ1) is 10.7. The van der Waals surface area contributed by atoms with Crippen molar-refractivity contribution >= 4 is 17.5 Å². The van der Waals surface area contributed by atoms with Crippen molar-refractivity contribution in [1.82, 2.24) is 9.97 Å². The molecule has 0 unspecified atom stereocenters. The summed E-state index contributed by atoms with van der Waals surface area (Å²) in [6.07, 6.45) is 2.41. The Morgan fingerprint density at radius 2 is 2.00 bits per heavy atom. The predicted molar refractivity (Wildman–Crippen MR) is 86.1 cm³/mol. The van der Waals surface area contributed by atoms with Crippen LogP contribution in [0.15, 0.2) is 36.5 Å². The van der Waals surface area contributed by atoms with Crippen molar-refractivity contribution < 1.29 is 9.53 Å². The number of ether oxygens (including phenoxy) is 1. The number of amides is 1. The Bertz CT molecular complexity index is 614. The fourth-order valence-electron chi connectivity index (χ4n) is 1.82. The van der Waals surface area contributed by atoms with Gasteiger partial charge in [-0.3, -0.25) is 4.79 Å². The first-order valence-electron chi connectivity index (χ1n) is 7.13. The third-order valence-electron chi connectivity index (χ3n) is 3.01. The molecule has 0 aliphatic rings. The summed E-state index contributed by atoms with van der Waals surface area (Å²) in [6.45, 7) is 3.36. The molecule has 6 heteroatoms. The lowest BCUT2D eigenvalue weighted by atomic mass is 10.2. The molecule has 1 amide bonds. The van der Waals surface area contributed by atoms with Crippen molar-refractivity contribution in [2.75, 3.05) is 30.9 Å². The second-order valence-electron chi connectivity index (χ2n) is 4.86. The van der Waals surface area contributed by atoms with Gasteiger partial charge in [-0.15, -0.1) is 0 Å². The van der Waals surface area contributed by atoms with Crippen molar-refractivity contribution in [3.63, 3.8) is 0 Å². The molecule has 0 fully saturated rings. The highest BCUT2D eigenvalue weighted by Crippen LogP contribution is 2.10. The van der Waals surface area contributed by atoms with Crippen LogP contribution in [0.2, 0.25) is 0 Å². The van der Waals surface area contributed by atoms with Gasteiger partial charge in [0.1, 0.15) is 5.69 Å². The molecule has 116 valence electrons. The molecule has 0 saturated heterocycles. The van der Waals surface area contributed by atoms with E-state index in [1.165, 1.54) is 0 Å². The first kappa shape index (κ1) is 15.9. The first-order valence-corrected chi connectivity index (χ1v) is 7.13. The molecule has 0 saturated carbocycles. The van der Waals surface area contributed by atoms with Gasteiger partial charge in [-0.2, -0.15) is 0 Å². The number of hydrogen-bond acceptors (Lipinski definition) is 5. The summed E-state index contributed by atoms with van der Waals surface area (Å²) in [5.74, 6) is 0.179. The molecule has 0 atom stereocenters. The Kier molecular flexibility index (Phi) is 5.85. The van der Waals surface area contributed by atoms with E-state index in [0.717, 1.165) is 17.7 Å². The van der Waals surface area contributed by atoms with Crippen molar-refractivity contribution in [3.8, 4) is 0 Å². The van der Waals surface area contributed by atoms with E-state index in [4.69, 9.17) is 4.74 Å². The van der Waals surface area contributed by atoms with Gasteiger partial charge in [-0.1, -0.05) is 17.7 Å². The number of rotatable bonds is 7. The van der Waals surface area contributed by atoms with Gasteiger partial charge in [0.15, 0.2) is 0 Å². The Labute approximate surface area is 129 Å². The second-order valence-corrected chi connectivity index (χ2v) is 4.86. The smallest absolute Gasteiger partial charge is 0.274 e. The summed E-state index contributed by atoms with van der Waals surface area (Å²) < 4.78 is 4.97. The number of carbonyl (C=O) groups excluding carboxylic acids is 1. The average molecular weight is 300 g/mol. The number of aromatic nitrogens is 2. The van der Waals surface area contributed by atoms with E-state index in [1.54, 1.807) is 19.4 Å². The second kappa shape index (κ2) is 8.09. The molecule has 1 aromatic heterocycles. The largest absolute Gasteiger partial charge is 0.385 e. The van der Waals surface area contributed by atoms with Gasteiger partial charge in [0.25, 0.3) is 5.91 Å². The molecule has 2 aromatic rings. The SMILES string of the molecule is COCCCNc1nccc(C(=O)Nc2ccc(C)cc2)n1. The Balaban J connectivity index is 1.96. The van der Waals surface area contributed by atoms with Crippen LogP contribution in [0.3, 0.4) is 0 Å². The molecule has 6 nitrogen and oxygen atoms in total. The van der Waals surface area contributed by atoms with E-state index in [2.05, 4.69) is 20.6 Å². The Morgan fingerprint density at radius 1 is 1.23 bits per heavy atom. The number of hydrogen-bond donors (Lipinski definition) is 2. The van der Waals surface area contributed by atoms with Crippen LogP contribution in [0.1, 0.15) is 22.5 Å². The van der Waals surface area contributed by atoms with Gasteiger partial charge in [0.05, 0.1) is 0 Å². The zero-order chi connectivity index (χ0) is 15.8. The van der Waals surface area contributed by atoms with Crippen molar-refractivity contribution in [2.24, 2.45) is 0 Å². The predicted octanol–water partition coefficient (Wildman–Crippen LogP) is 2.49. The minimum atomic E-state index is -0.258. The molecular formula is C16H20N4O2. The maximum absolute atomic E-state index is 12.2. The molecule has 0 aliphatic heterocycles. The van der Waals surface area contributed by atoms with Gasteiger partial charge in [-0.05, 0) is 31.5 Å². The molecule has 1 heterocycles. The monoisotopic (exact) mass is 300 g/mol. The summed E-state index contributed by atoms with van der Waals surface area (Å²) in [7, 11) is 1.66. The third kappa shape index (κ3) is 4.82. The third-order valence-corrected chi connectivity index (χ3v) is 3.01. The number of nitrogens with one attached hydrogen (secondary N) is 2. The average Bonchev–Trinajstić information content (AvgIpc) is 2.54. The minimum Gasteiger partial charge on any atom is -0.385 e. The van der Waals surface area contributed by atoms with E-state index >= 15 is 0 Å². The van der Waals surface area contributed by atoms with E-state index in [1.807, 2.05) is 31.2 Å². The zero-order valence-corrected chi connectivity index (χ0v) is 12.8. The lowest BCUT2D eigenvalue weighted by molar-refractivity contribution is 0.102. The molecule has 2 rings (SSSR count). The minimum absolute atomic E-state index is 0.258. The maximum Gasteiger partial charge on any atom is 0.274 e. The van der Waals surface area contributed by atoms with Gasteiger partial charge >= 0.3 is 0 Å². The summed E-state index contributed by atoms with van der Waals surface area (Å²) in [6, 6.07) is 9.19. The Hall–Kier alpha value is -2.47. The molecule has 2 N–H and O–H groups in total. The number of nitrogens with zero attached hydrogens (tertiary/aromatic N) is 2. The fourth-order valence-corrected chi connectivity index (χ4v) is 1.82. The molecule has 1 aromatic carbocycles. The number of methoxy groups -OCH3 is 1. The van der Waals surface area contributed by atoms with Crippen molar-refractivity contribution in [3.05, 3.63) is 47.8 Å². The van der Waals surface area contributed by atoms with Crippen LogP contribution in [0.5, 0.6) is 0 Å². The molecular weight excluding hydrogens is 280 g/mol. The van der Waals surface area contributed by atoms with Crippen LogP contribution < -0.4 is 10.6 Å². The number of aryl methyl sites for hydroxylation is 1. The lowest BCUT2D eigenvalue weighted by Crippen LogP contribution is -2.15. The van der Waals surface area contributed by atoms with Crippen LogP contribution in [0.4, 0.5) is 11.6 Å². The highest BCUT2D eigenvalue weighted by molar-refractivity contribution is 6.02. The van der Waals surface area contributed by atoms with Gasteiger partial charge < -0.3 is 15.4 Å². The highest BCUT2D eigenvalue weighted by Gasteiger charge is 2.09. The van der Waals surface area contributed by atoms with E-state index < -0.39 is 0 Å². The van der Waals surface area contributed by atoms with E-state index in [0.29, 0.717) is 24.8 Å². The van der Waals surface area contributed by atoms with Gasteiger partial charge in [-0.25, -0.2) is 9.97 Å². The quantitative estimate of drug-likeness (QED) is 0.768. The molecule has 0 bridgehead atoms. The molecule has 22 heavy (non-hydrogen) atoms. The molecule has 0 aliphatic carbocycles. The van der Waals surface area contributed by atoms with Crippen molar-refractivity contribution in [2.45, 2.75) is 13.3 Å². The number of carbonyl (C=O) groups is 1. The Morgan fingerprint density at radius 3 is 2.73 bits per heavy atom. The number of benzene rings is 1. The van der Waals surface area contributed by atoms with E-state index in [9.17, 15) is 4.79 Å². The number of anilines is 2. The van der Waals surface area contributed by atoms with Gasteiger partial charge in [0, 0.05) is 32.1 Å². The highest BCUT2D eigenvalue weighted by atomic mass is 16.5. The van der Waals surface area contributed by atoms with Crippen LogP contribution in [0, 0.1) is 6.92 Å². The standard InChI is InChI=1S/C16H20N4O2/c1-12-4-6-13(7-5-12)19-15(21)14-8-10-18-16(20-14)17-9-3-11-22-2/h4-8,10H,3,9,11H2,1-2H3,(H,19,21)(H,17,18,20). The summed E-state index contributed by atoms with van der Waals surface area (Å²) in [5, 5.41) is 5.88. The topological polar surface area (TPSA) is 76.1 Å². The van der Waals surface area contributed by atoms with Crippen LogP contribution in [-0.2, 0) is 4.74 Å². The summed E-state index contributed by atoms with van der Waals surface area (Å²) in [5.41, 5.74) is 2.20. The van der Waals surface area contributed by atoms with E-state index in [-0.39, 0.29) is 5.91 Å². The summed E-state index contributed by atoms with van der Waals surface area (Å²) >= 11 is 0. The maximum atomic E-state index is 12.2. The van der Waals surface area contributed by atoms with Gasteiger partial charge in [0.2, 0.25) is 5.95 Å². The normalized spacial score (nSPS) is 10.3. The summed E-state index contributed by atoms with van der Waals surface area (Å²) in [4.78, 5) is 20.5. The van der Waals surface area contributed by atoms with Crippen LogP contribution in [0.25, 0.3) is 0 Å². The van der Waals surface area contributed by atoms with Crippen molar-refractivity contribution in [1.29, 1.82) is 0 Å². The zero-order valence-electron chi connectivity index (χ0n) is 12.8. The fraction of sp³-hybridized carbons (Fsp3) is 0.312. The van der Waals surface area contributed by atoms with Crippen LogP contribution in [-0.4, -0.2) is 36.1 Å². The lowest BCUT2D eigenvalue weighted by Gasteiger charge is -2.07. The van der Waals surface area contributed by atoms with Crippen LogP contribution >= 0.6 is 0 Å². The molecule has 0 radical (unpaired) electrons. The molecule has 0 spiro atoms.